The van der Waals surface area contributed by atoms with Gasteiger partial charge in [0.2, 0.25) is 0 Å². The summed E-state index contributed by atoms with van der Waals surface area (Å²) >= 11 is 0. The van der Waals surface area contributed by atoms with E-state index in [0.29, 0.717) is 0 Å². The van der Waals surface area contributed by atoms with Crippen molar-refractivity contribution in [1.29, 1.82) is 0 Å². The van der Waals surface area contributed by atoms with Crippen LogP contribution in [-0.4, -0.2) is 31.0 Å². The van der Waals surface area contributed by atoms with E-state index in [2.05, 4.69) is 73.7 Å². The predicted octanol–water partition coefficient (Wildman–Crippen LogP) is 8.62. The predicted molar refractivity (Wildman–Crippen MR) is 160 cm³/mol. The zero-order valence-corrected chi connectivity index (χ0v) is 22.6. The van der Waals surface area contributed by atoms with E-state index in [9.17, 15) is 4.79 Å². The molecule has 0 atom stereocenters. The third-order valence-corrected chi connectivity index (χ3v) is 7.70. The molecule has 0 aliphatic carbocycles. The Labute approximate surface area is 229 Å². The van der Waals surface area contributed by atoms with Crippen molar-refractivity contribution in [3.8, 4) is 17.1 Å². The van der Waals surface area contributed by atoms with Crippen molar-refractivity contribution in [2.24, 2.45) is 0 Å². The lowest BCUT2D eigenvalue weighted by Gasteiger charge is -2.17. The first-order valence-electron chi connectivity index (χ1n) is 13.8. The molecule has 1 fully saturated rings. The summed E-state index contributed by atoms with van der Waals surface area (Å²) in [6.45, 7) is 3.85. The zero-order chi connectivity index (χ0) is 26.8. The van der Waals surface area contributed by atoms with Crippen molar-refractivity contribution >= 4 is 39.8 Å². The minimum absolute atomic E-state index is 0.0938. The highest BCUT2D eigenvalue weighted by Crippen LogP contribution is 2.34. The van der Waals surface area contributed by atoms with Gasteiger partial charge in [-0.3, -0.25) is 4.79 Å². The fourth-order valence-electron chi connectivity index (χ4n) is 5.61. The minimum atomic E-state index is 0.0938. The first-order chi connectivity index (χ1) is 19.1. The van der Waals surface area contributed by atoms with Gasteiger partial charge >= 0.3 is 0 Å². The van der Waals surface area contributed by atoms with Crippen LogP contribution >= 0.6 is 0 Å². The Morgan fingerprint density at radius 1 is 0.897 bits per heavy atom. The molecular formula is C35H33NO3. The highest BCUT2D eigenvalue weighted by atomic mass is 16.5. The van der Waals surface area contributed by atoms with Crippen LogP contribution in [0.15, 0.2) is 83.3 Å². The molecule has 0 bridgehead atoms. The average Bonchev–Trinajstić information content (AvgIpc) is 3.67. The Morgan fingerprint density at radius 3 is 2.54 bits per heavy atom. The summed E-state index contributed by atoms with van der Waals surface area (Å²) in [4.78, 5) is 15.2. The summed E-state index contributed by atoms with van der Waals surface area (Å²) in [5.74, 6) is 1.71. The lowest BCUT2D eigenvalue weighted by atomic mass is 9.97. The normalized spacial score (nSPS) is 13.6. The van der Waals surface area contributed by atoms with Gasteiger partial charge in [0.05, 0.1) is 7.11 Å². The Balaban J connectivity index is 1.35. The molecule has 0 spiro atoms. The smallest absolute Gasteiger partial charge is 0.254 e. The Bertz CT molecular complexity index is 1690. The van der Waals surface area contributed by atoms with Crippen LogP contribution in [0, 0.1) is 0 Å². The van der Waals surface area contributed by atoms with E-state index < -0.39 is 0 Å². The molecule has 1 aromatic heterocycles. The van der Waals surface area contributed by atoms with Gasteiger partial charge in [0.15, 0.2) is 0 Å². The second-order valence-electron chi connectivity index (χ2n) is 10.3. The maximum atomic E-state index is 13.2. The van der Waals surface area contributed by atoms with E-state index in [1.54, 1.807) is 7.11 Å². The van der Waals surface area contributed by atoms with Gasteiger partial charge in [0.1, 0.15) is 17.1 Å². The standard InChI is InChI=1S/C35H33NO3/c1-3-8-26-21-28(34-23-32-30-10-5-4-9-25(30)15-18-33(32)39-34)14-12-24(26)11-13-27-22-29(38-2)16-17-31(27)35(37)36-19-6-7-20-36/h4-5,9-18,21-23H,3,6-8,19-20H2,1-2H3/b13-11+. The third-order valence-electron chi connectivity index (χ3n) is 7.70. The van der Waals surface area contributed by atoms with Crippen molar-refractivity contribution in [1.82, 2.24) is 4.90 Å². The van der Waals surface area contributed by atoms with E-state index in [4.69, 9.17) is 9.15 Å². The number of aryl methyl sites for hydroxylation is 1. The van der Waals surface area contributed by atoms with Gasteiger partial charge in [-0.2, -0.15) is 0 Å². The van der Waals surface area contributed by atoms with Crippen molar-refractivity contribution in [3.05, 3.63) is 101 Å². The molecule has 0 saturated carbocycles. The minimum Gasteiger partial charge on any atom is -0.497 e. The number of furan rings is 1. The highest BCUT2D eigenvalue weighted by molar-refractivity contribution is 6.07. The number of fused-ring (bicyclic) bond motifs is 3. The molecule has 1 saturated heterocycles. The summed E-state index contributed by atoms with van der Waals surface area (Å²) < 4.78 is 11.8. The van der Waals surface area contributed by atoms with E-state index in [-0.39, 0.29) is 5.91 Å². The van der Waals surface area contributed by atoms with Crippen LogP contribution in [0.4, 0.5) is 0 Å². The molecular weight excluding hydrogens is 482 g/mol. The molecule has 6 rings (SSSR count). The van der Waals surface area contributed by atoms with Gasteiger partial charge < -0.3 is 14.1 Å². The Kier molecular flexibility index (Phi) is 6.93. The van der Waals surface area contributed by atoms with Gasteiger partial charge in [-0.1, -0.05) is 68.0 Å². The monoisotopic (exact) mass is 515 g/mol. The summed E-state index contributed by atoms with van der Waals surface area (Å²) in [5.41, 5.74) is 5.97. The zero-order valence-electron chi connectivity index (χ0n) is 22.6. The summed E-state index contributed by atoms with van der Waals surface area (Å²) in [6.07, 6.45) is 8.30. The number of methoxy groups -OCH3 is 1. The molecule has 0 unspecified atom stereocenters. The van der Waals surface area contributed by atoms with Crippen LogP contribution in [0.2, 0.25) is 0 Å². The number of hydrogen-bond acceptors (Lipinski definition) is 3. The van der Waals surface area contributed by atoms with Crippen molar-refractivity contribution in [2.45, 2.75) is 32.6 Å². The lowest BCUT2D eigenvalue weighted by molar-refractivity contribution is 0.0792. The number of ether oxygens (including phenoxy) is 1. The quantitative estimate of drug-likeness (QED) is 0.204. The molecule has 1 amide bonds. The number of nitrogens with zero attached hydrogens (tertiary/aromatic N) is 1. The number of amides is 1. The van der Waals surface area contributed by atoms with Crippen LogP contribution < -0.4 is 4.74 Å². The number of likely N-dealkylation sites (tertiary alicyclic amines) is 1. The number of rotatable bonds is 7. The van der Waals surface area contributed by atoms with Crippen molar-refractivity contribution in [3.63, 3.8) is 0 Å². The topological polar surface area (TPSA) is 42.7 Å². The molecule has 39 heavy (non-hydrogen) atoms. The summed E-state index contributed by atoms with van der Waals surface area (Å²) in [7, 11) is 1.66. The maximum Gasteiger partial charge on any atom is 0.254 e. The van der Waals surface area contributed by atoms with Crippen LogP contribution in [0.5, 0.6) is 5.75 Å². The first kappa shape index (κ1) is 25.0. The van der Waals surface area contributed by atoms with E-state index in [1.165, 1.54) is 16.3 Å². The fourth-order valence-corrected chi connectivity index (χ4v) is 5.61. The molecule has 4 heteroatoms. The van der Waals surface area contributed by atoms with Crippen LogP contribution in [-0.2, 0) is 6.42 Å². The van der Waals surface area contributed by atoms with E-state index in [1.807, 2.05) is 29.2 Å². The SMILES string of the molecule is CCCc1cc(-c2cc3c(ccc4ccccc43)o2)ccc1/C=C/c1cc(OC)ccc1C(=O)N1CCCC1. The molecule has 2 heterocycles. The summed E-state index contributed by atoms with van der Waals surface area (Å²) in [5, 5.41) is 3.55. The van der Waals surface area contributed by atoms with Gasteiger partial charge in [-0.15, -0.1) is 0 Å². The molecule has 4 aromatic carbocycles. The Hall–Kier alpha value is -4.31. The third kappa shape index (κ3) is 4.95. The van der Waals surface area contributed by atoms with Crippen molar-refractivity contribution in [2.75, 3.05) is 20.2 Å². The second-order valence-corrected chi connectivity index (χ2v) is 10.3. The molecule has 0 N–H and O–H groups in total. The molecule has 1 aliphatic heterocycles. The van der Waals surface area contributed by atoms with Gasteiger partial charge in [-0.05, 0) is 83.1 Å². The van der Waals surface area contributed by atoms with Gasteiger partial charge in [0, 0.05) is 29.6 Å². The molecule has 0 radical (unpaired) electrons. The molecule has 1 aliphatic rings. The molecule has 196 valence electrons. The fraction of sp³-hybridized carbons (Fsp3) is 0.229. The van der Waals surface area contributed by atoms with E-state index >= 15 is 0 Å². The Morgan fingerprint density at radius 2 is 1.72 bits per heavy atom. The number of carbonyl (C=O) groups excluding carboxylic acids is 1. The average molecular weight is 516 g/mol. The van der Waals surface area contributed by atoms with Crippen LogP contribution in [0.25, 0.3) is 45.2 Å². The number of carbonyl (C=O) groups is 1. The summed E-state index contributed by atoms with van der Waals surface area (Å²) in [6, 6.07) is 27.0. The number of hydrogen-bond donors (Lipinski definition) is 0. The van der Waals surface area contributed by atoms with Gasteiger partial charge in [-0.25, -0.2) is 0 Å². The molecule has 5 aromatic rings. The highest BCUT2D eigenvalue weighted by Gasteiger charge is 2.21. The number of benzene rings is 4. The lowest BCUT2D eigenvalue weighted by Crippen LogP contribution is -2.28. The maximum absolute atomic E-state index is 13.2. The van der Waals surface area contributed by atoms with Crippen molar-refractivity contribution < 1.29 is 13.9 Å². The first-order valence-corrected chi connectivity index (χ1v) is 13.8. The van der Waals surface area contributed by atoms with Crippen LogP contribution in [0.3, 0.4) is 0 Å². The second kappa shape index (κ2) is 10.8. The van der Waals surface area contributed by atoms with Crippen LogP contribution in [0.1, 0.15) is 53.2 Å². The van der Waals surface area contributed by atoms with E-state index in [0.717, 1.165) is 83.5 Å². The largest absolute Gasteiger partial charge is 0.497 e. The molecule has 4 nitrogen and oxygen atoms in total. The van der Waals surface area contributed by atoms with Gasteiger partial charge in [0.25, 0.3) is 5.91 Å².